The normalized spacial score (nSPS) is 13.1. The molecule has 106 valence electrons. The van der Waals surface area contributed by atoms with Gasteiger partial charge < -0.3 is 9.84 Å². The summed E-state index contributed by atoms with van der Waals surface area (Å²) in [6.07, 6.45) is 5.38. The lowest BCUT2D eigenvalue weighted by molar-refractivity contribution is -0.162. The molecule has 0 saturated heterocycles. The molecule has 1 N–H and O–H groups in total. The lowest BCUT2D eigenvalue weighted by atomic mass is 9.76. The Kier molecular flexibility index (Phi) is 5.78. The van der Waals surface area contributed by atoms with Crippen molar-refractivity contribution in [3.8, 4) is 12.3 Å². The minimum atomic E-state index is -1.76. The number of halogens is 1. The van der Waals surface area contributed by atoms with E-state index in [0.717, 1.165) is 4.47 Å². The van der Waals surface area contributed by atoms with Crippen molar-refractivity contribution in [3.63, 3.8) is 0 Å². The van der Waals surface area contributed by atoms with Gasteiger partial charge >= 0.3 is 11.9 Å². The number of terminal acetylenes is 1. The summed E-state index contributed by atoms with van der Waals surface area (Å²) < 4.78 is 5.74. The maximum Gasteiger partial charge on any atom is 0.328 e. The van der Waals surface area contributed by atoms with Crippen LogP contribution in [-0.2, 0) is 19.7 Å². The zero-order chi connectivity index (χ0) is 15.2. The molecule has 1 aromatic carbocycles. The topological polar surface area (TPSA) is 63.6 Å². The van der Waals surface area contributed by atoms with Gasteiger partial charge in [-0.1, -0.05) is 28.1 Å². The van der Waals surface area contributed by atoms with Crippen LogP contribution in [0.1, 0.15) is 25.3 Å². The molecule has 0 aromatic heterocycles. The Bertz CT molecular complexity index is 530. The molecule has 0 saturated carbocycles. The zero-order valence-corrected chi connectivity index (χ0v) is 12.6. The number of ether oxygens (including phenoxy) is 1. The maximum absolute atomic E-state index is 12.2. The number of carboxylic acid groups (broad SMARTS) is 1. The minimum Gasteiger partial charge on any atom is -0.480 e. The quantitative estimate of drug-likeness (QED) is 0.492. The van der Waals surface area contributed by atoms with E-state index in [0.29, 0.717) is 5.56 Å². The largest absolute Gasteiger partial charge is 0.480 e. The van der Waals surface area contributed by atoms with Gasteiger partial charge in [0.2, 0.25) is 0 Å². The van der Waals surface area contributed by atoms with Crippen LogP contribution in [0, 0.1) is 12.3 Å². The molecule has 0 fully saturated rings. The van der Waals surface area contributed by atoms with Crippen molar-refractivity contribution in [2.24, 2.45) is 0 Å². The summed E-state index contributed by atoms with van der Waals surface area (Å²) in [6, 6.07) is 6.54. The molecule has 0 aliphatic heterocycles. The summed E-state index contributed by atoms with van der Waals surface area (Å²) in [7, 11) is 0. The smallest absolute Gasteiger partial charge is 0.328 e. The molecule has 0 amide bonds. The van der Waals surface area contributed by atoms with E-state index in [1.54, 1.807) is 31.2 Å². The fourth-order valence-electron chi connectivity index (χ4n) is 1.93. The first-order valence-corrected chi connectivity index (χ1v) is 6.88. The Labute approximate surface area is 126 Å². The summed E-state index contributed by atoms with van der Waals surface area (Å²) in [6.45, 7) is 1.74. The first-order valence-electron chi connectivity index (χ1n) is 6.09. The van der Waals surface area contributed by atoms with Gasteiger partial charge in [0, 0.05) is 10.9 Å². The SMILES string of the molecule is C#CCCC(C(=O)O)(C(=O)OCC)c1ccc(Br)cc1. The second kappa shape index (κ2) is 7.11. The number of rotatable bonds is 6. The highest BCUT2D eigenvalue weighted by molar-refractivity contribution is 9.10. The lowest BCUT2D eigenvalue weighted by Gasteiger charge is -2.27. The number of carboxylic acids is 1. The molecule has 4 nitrogen and oxygen atoms in total. The molecule has 20 heavy (non-hydrogen) atoms. The van der Waals surface area contributed by atoms with Crippen LogP contribution in [0.15, 0.2) is 28.7 Å². The van der Waals surface area contributed by atoms with Crippen molar-refractivity contribution in [2.45, 2.75) is 25.2 Å². The highest BCUT2D eigenvalue weighted by atomic mass is 79.9. The number of benzene rings is 1. The summed E-state index contributed by atoms with van der Waals surface area (Å²) in [5.74, 6) is 0.333. The Balaban J connectivity index is 3.36. The highest BCUT2D eigenvalue weighted by Crippen LogP contribution is 2.32. The van der Waals surface area contributed by atoms with E-state index >= 15 is 0 Å². The lowest BCUT2D eigenvalue weighted by Crippen LogP contribution is -2.45. The van der Waals surface area contributed by atoms with E-state index in [1.165, 1.54) is 0 Å². The highest BCUT2D eigenvalue weighted by Gasteiger charge is 2.48. The number of hydrogen-bond acceptors (Lipinski definition) is 3. The molecule has 1 rings (SSSR count). The van der Waals surface area contributed by atoms with Gasteiger partial charge in [-0.05, 0) is 31.0 Å². The molecular weight excluding hydrogens is 324 g/mol. The monoisotopic (exact) mass is 338 g/mol. The van der Waals surface area contributed by atoms with E-state index < -0.39 is 17.4 Å². The van der Waals surface area contributed by atoms with E-state index in [-0.39, 0.29) is 19.4 Å². The van der Waals surface area contributed by atoms with Crippen molar-refractivity contribution in [1.82, 2.24) is 0 Å². The Morgan fingerprint density at radius 1 is 1.40 bits per heavy atom. The summed E-state index contributed by atoms with van der Waals surface area (Å²) in [5, 5.41) is 9.59. The van der Waals surface area contributed by atoms with Crippen LogP contribution in [0.3, 0.4) is 0 Å². The molecule has 0 heterocycles. The molecule has 0 spiro atoms. The average molecular weight is 339 g/mol. The maximum atomic E-state index is 12.2. The van der Waals surface area contributed by atoms with Crippen molar-refractivity contribution in [1.29, 1.82) is 0 Å². The van der Waals surface area contributed by atoms with Crippen LogP contribution in [0.5, 0.6) is 0 Å². The third-order valence-electron chi connectivity index (χ3n) is 2.97. The van der Waals surface area contributed by atoms with Crippen LogP contribution in [0.2, 0.25) is 0 Å². The third-order valence-corrected chi connectivity index (χ3v) is 3.50. The number of esters is 1. The third kappa shape index (κ3) is 3.20. The molecule has 5 heteroatoms. The van der Waals surface area contributed by atoms with E-state index in [1.807, 2.05) is 0 Å². The molecule has 1 unspecified atom stereocenters. The standard InChI is InChI=1S/C15H15BrO4/c1-3-5-10-15(13(17)18,14(19)20-4-2)11-6-8-12(16)9-7-11/h1,6-9H,4-5,10H2,2H3,(H,17,18). The minimum absolute atomic E-state index is 0.000695. The van der Waals surface area contributed by atoms with Gasteiger partial charge in [0.25, 0.3) is 0 Å². The molecule has 0 bridgehead atoms. The Hall–Kier alpha value is -1.80. The number of hydrogen-bond donors (Lipinski definition) is 1. The fraction of sp³-hybridized carbons (Fsp3) is 0.333. The van der Waals surface area contributed by atoms with Gasteiger partial charge in [0.15, 0.2) is 5.41 Å². The van der Waals surface area contributed by atoms with Gasteiger partial charge in [-0.3, -0.25) is 9.59 Å². The van der Waals surface area contributed by atoms with Crippen LogP contribution < -0.4 is 0 Å². The molecule has 1 aromatic rings. The van der Waals surface area contributed by atoms with Gasteiger partial charge in [0.05, 0.1) is 6.61 Å². The summed E-state index contributed by atoms with van der Waals surface area (Å²) in [5.41, 5.74) is -1.40. The zero-order valence-electron chi connectivity index (χ0n) is 11.1. The first kappa shape index (κ1) is 16.3. The van der Waals surface area contributed by atoms with Crippen molar-refractivity contribution in [3.05, 3.63) is 34.3 Å². The molecule has 0 aliphatic carbocycles. The average Bonchev–Trinajstić information content (AvgIpc) is 2.41. The van der Waals surface area contributed by atoms with Crippen molar-refractivity contribution < 1.29 is 19.4 Å². The first-order chi connectivity index (χ1) is 9.48. The predicted molar refractivity (Wildman–Crippen MR) is 78.2 cm³/mol. The van der Waals surface area contributed by atoms with Gasteiger partial charge in [-0.25, -0.2) is 0 Å². The van der Waals surface area contributed by atoms with E-state index in [4.69, 9.17) is 11.2 Å². The number of carbonyl (C=O) groups is 2. The number of carbonyl (C=O) groups excluding carboxylic acids is 1. The second-order valence-electron chi connectivity index (χ2n) is 4.14. The van der Waals surface area contributed by atoms with Gasteiger partial charge in [0.1, 0.15) is 0 Å². The van der Waals surface area contributed by atoms with E-state index in [2.05, 4.69) is 21.9 Å². The summed E-state index contributed by atoms with van der Waals surface area (Å²) >= 11 is 3.27. The van der Waals surface area contributed by atoms with Crippen molar-refractivity contribution >= 4 is 27.9 Å². The molecule has 0 aliphatic rings. The van der Waals surface area contributed by atoms with Crippen LogP contribution in [0.4, 0.5) is 0 Å². The second-order valence-corrected chi connectivity index (χ2v) is 5.06. The molecular formula is C15H15BrO4. The van der Waals surface area contributed by atoms with Gasteiger partial charge in [-0.15, -0.1) is 12.3 Å². The van der Waals surface area contributed by atoms with Gasteiger partial charge in [-0.2, -0.15) is 0 Å². The summed E-state index contributed by atoms with van der Waals surface area (Å²) in [4.78, 5) is 24.0. The van der Waals surface area contributed by atoms with E-state index in [9.17, 15) is 14.7 Å². The van der Waals surface area contributed by atoms with Crippen LogP contribution in [0.25, 0.3) is 0 Å². The molecule has 0 radical (unpaired) electrons. The Morgan fingerprint density at radius 3 is 2.45 bits per heavy atom. The Morgan fingerprint density at radius 2 is 2.00 bits per heavy atom. The van der Waals surface area contributed by atoms with Crippen LogP contribution in [-0.4, -0.2) is 23.7 Å². The van der Waals surface area contributed by atoms with Crippen molar-refractivity contribution in [2.75, 3.05) is 6.61 Å². The van der Waals surface area contributed by atoms with Crippen LogP contribution >= 0.6 is 15.9 Å². The molecule has 1 atom stereocenters. The number of aliphatic carboxylic acids is 1. The fourth-order valence-corrected chi connectivity index (χ4v) is 2.19. The predicted octanol–water partition coefficient (Wildman–Crippen LogP) is 2.75.